The molecule has 32 heteroatoms. The van der Waals surface area contributed by atoms with Crippen LogP contribution >= 0.6 is 0 Å². The third-order valence-corrected chi connectivity index (χ3v) is 12.0. The largest absolute Gasteiger partial charge is 0.505 e. The first kappa shape index (κ1) is 51.3. The highest BCUT2D eigenvalue weighted by Gasteiger charge is 2.27. The number of carboxylic acid groups (broad SMARTS) is 1. The SMILES string of the molecule is COc1cc(S(=O)(=O)O)c(C)cc1N=Nc1c(C(=O)O)nn(-c2ccc3cc(S(=O)(=O)O)c(N=Nc4cc(OCCO)c(N=Nc5ccc([N+](=O)[O-])cc5S(=O)(=O)O)cc4OCCO)c(O)c3c2)c1O. The monoisotopic (exact) mass is 1030 g/mol. The van der Waals surface area contributed by atoms with Gasteiger partial charge >= 0.3 is 5.97 Å². The summed E-state index contributed by atoms with van der Waals surface area (Å²) >= 11 is 0. The highest BCUT2D eigenvalue weighted by atomic mass is 32.2. The summed E-state index contributed by atoms with van der Waals surface area (Å²) in [6, 6.07) is 10.8. The Balaban J connectivity index is 1.47. The number of aromatic hydroxyl groups is 2. The van der Waals surface area contributed by atoms with Gasteiger partial charge in [-0.1, -0.05) is 6.07 Å². The van der Waals surface area contributed by atoms with Gasteiger partial charge in [-0.05, 0) is 48.2 Å². The van der Waals surface area contributed by atoms with Gasteiger partial charge in [0, 0.05) is 35.7 Å². The van der Waals surface area contributed by atoms with Gasteiger partial charge in [0.05, 0.1) is 30.9 Å². The van der Waals surface area contributed by atoms with Gasteiger partial charge in [0.1, 0.15) is 73.6 Å². The van der Waals surface area contributed by atoms with Crippen LogP contribution in [0.1, 0.15) is 16.1 Å². The molecule has 0 saturated carbocycles. The lowest BCUT2D eigenvalue weighted by atomic mass is 10.1. The molecule has 0 atom stereocenters. The number of phenols is 1. The molecule has 0 amide bonds. The van der Waals surface area contributed by atoms with Gasteiger partial charge in [0.25, 0.3) is 36.0 Å². The summed E-state index contributed by atoms with van der Waals surface area (Å²) in [6.45, 7) is -0.718. The van der Waals surface area contributed by atoms with Crippen molar-refractivity contribution < 1.29 is 88.4 Å². The van der Waals surface area contributed by atoms with Crippen molar-refractivity contribution in [2.75, 3.05) is 33.5 Å². The molecule has 1 aromatic heterocycles. The summed E-state index contributed by atoms with van der Waals surface area (Å²) in [4.78, 5) is 20.1. The Bertz CT molecular complexity index is 3550. The average Bonchev–Trinajstić information content (AvgIpc) is 3.63. The van der Waals surface area contributed by atoms with Crippen molar-refractivity contribution >= 4 is 86.9 Å². The van der Waals surface area contributed by atoms with E-state index >= 15 is 0 Å². The maximum atomic E-state index is 12.7. The molecule has 0 fully saturated rings. The van der Waals surface area contributed by atoms with Crippen LogP contribution in [0, 0.1) is 17.0 Å². The van der Waals surface area contributed by atoms with Crippen molar-refractivity contribution in [3.63, 3.8) is 0 Å². The topological polar surface area (TPSA) is 444 Å². The van der Waals surface area contributed by atoms with E-state index in [1.165, 1.54) is 19.1 Å². The highest BCUT2D eigenvalue weighted by Crippen LogP contribution is 2.46. The van der Waals surface area contributed by atoms with E-state index in [4.69, 9.17) is 14.2 Å². The first-order valence-corrected chi connectivity index (χ1v) is 23.3. The van der Waals surface area contributed by atoms with E-state index in [1.54, 1.807) is 0 Å². The number of aliphatic hydroxyl groups is 2. The lowest BCUT2D eigenvalue weighted by Gasteiger charge is -2.13. The Morgan fingerprint density at radius 3 is 1.76 bits per heavy atom. The van der Waals surface area contributed by atoms with E-state index < -0.39 is 122 Å². The zero-order valence-electron chi connectivity index (χ0n) is 35.4. The van der Waals surface area contributed by atoms with E-state index in [0.29, 0.717) is 10.7 Å². The minimum absolute atomic E-state index is 0.00457. The summed E-state index contributed by atoms with van der Waals surface area (Å²) in [7, 11) is -13.9. The summed E-state index contributed by atoms with van der Waals surface area (Å²) < 4.78 is 119. The zero-order valence-corrected chi connectivity index (χ0v) is 37.9. The van der Waals surface area contributed by atoms with Crippen LogP contribution in [0.25, 0.3) is 16.5 Å². The number of hydrogen-bond donors (Lipinski definition) is 8. The molecule has 6 rings (SSSR count). The molecule has 29 nitrogen and oxygen atoms in total. The number of aromatic nitrogens is 2. The predicted octanol–water partition coefficient (Wildman–Crippen LogP) is 6.09. The zero-order chi connectivity index (χ0) is 51.5. The Hall–Kier alpha value is -8.11. The van der Waals surface area contributed by atoms with Crippen LogP contribution in [0.3, 0.4) is 0 Å². The van der Waals surface area contributed by atoms with E-state index in [-0.39, 0.29) is 56.3 Å². The lowest BCUT2D eigenvalue weighted by molar-refractivity contribution is -0.385. The molecule has 6 aromatic rings. The maximum absolute atomic E-state index is 12.7. The Morgan fingerprint density at radius 2 is 1.23 bits per heavy atom. The molecule has 0 radical (unpaired) electrons. The smallest absolute Gasteiger partial charge is 0.358 e. The number of carbonyl (C=O) groups is 1. The van der Waals surface area contributed by atoms with Crippen LogP contribution in [0.5, 0.6) is 28.9 Å². The molecule has 368 valence electrons. The van der Waals surface area contributed by atoms with Crippen LogP contribution in [-0.2, 0) is 30.4 Å². The molecule has 0 unspecified atom stereocenters. The molecular weight excluding hydrogens is 999 g/mol. The quantitative estimate of drug-likeness (QED) is 0.0197. The number of nitro benzene ring substituents is 1. The lowest BCUT2D eigenvalue weighted by Crippen LogP contribution is -2.04. The number of fused-ring (bicyclic) bond motifs is 1. The van der Waals surface area contributed by atoms with Crippen LogP contribution in [0.2, 0.25) is 0 Å². The third kappa shape index (κ3) is 11.1. The molecule has 1 heterocycles. The van der Waals surface area contributed by atoms with Crippen LogP contribution in [-0.4, -0.2) is 119 Å². The number of rotatable bonds is 19. The first-order chi connectivity index (χ1) is 32.9. The van der Waals surface area contributed by atoms with Crippen molar-refractivity contribution in [1.29, 1.82) is 0 Å². The van der Waals surface area contributed by atoms with Crippen molar-refractivity contribution in [2.45, 2.75) is 21.6 Å². The van der Waals surface area contributed by atoms with E-state index in [2.05, 4.69) is 35.8 Å². The number of aromatic carboxylic acids is 1. The van der Waals surface area contributed by atoms with Crippen LogP contribution in [0.4, 0.5) is 39.8 Å². The summed E-state index contributed by atoms with van der Waals surface area (Å²) in [6.07, 6.45) is 0. The van der Waals surface area contributed by atoms with Crippen molar-refractivity contribution in [2.24, 2.45) is 30.7 Å². The number of benzene rings is 5. The number of ether oxygens (including phenoxy) is 3. The molecule has 0 spiro atoms. The fourth-order valence-corrected chi connectivity index (χ4v) is 8.23. The van der Waals surface area contributed by atoms with Crippen molar-refractivity contribution in [1.82, 2.24) is 9.78 Å². The first-order valence-electron chi connectivity index (χ1n) is 19.0. The Kier molecular flexibility index (Phi) is 14.8. The number of non-ortho nitro benzene ring substituents is 1. The van der Waals surface area contributed by atoms with E-state index in [0.717, 1.165) is 55.6 Å². The minimum atomic E-state index is -5.24. The molecule has 0 saturated heterocycles. The average molecular weight is 1030 g/mol. The number of nitro groups is 1. The molecular formula is C38H33N9O20S3. The van der Waals surface area contributed by atoms with Crippen LogP contribution < -0.4 is 14.2 Å². The van der Waals surface area contributed by atoms with Gasteiger partial charge in [-0.2, -0.15) is 35.0 Å². The van der Waals surface area contributed by atoms with Crippen molar-refractivity contribution in [3.8, 4) is 34.6 Å². The van der Waals surface area contributed by atoms with E-state index in [1.807, 2.05) is 0 Å². The van der Waals surface area contributed by atoms with Gasteiger partial charge in [0.2, 0.25) is 11.6 Å². The van der Waals surface area contributed by atoms with Gasteiger partial charge in [0.15, 0.2) is 11.4 Å². The van der Waals surface area contributed by atoms with Gasteiger partial charge < -0.3 is 39.7 Å². The third-order valence-electron chi connectivity index (χ3n) is 9.30. The second-order valence-corrected chi connectivity index (χ2v) is 18.0. The van der Waals surface area contributed by atoms with Crippen molar-refractivity contribution in [3.05, 3.63) is 88.1 Å². The molecule has 0 aliphatic rings. The summed E-state index contributed by atoms with van der Waals surface area (Å²) in [5.41, 5.74) is -4.82. The second kappa shape index (κ2) is 20.2. The number of aryl methyl sites for hydroxylation is 1. The summed E-state index contributed by atoms with van der Waals surface area (Å²) in [5, 5.41) is 89.8. The normalized spacial score (nSPS) is 12.4. The molecule has 8 N–H and O–H groups in total. The standard InChI is InChI=1S/C38H33N9O20S3/c1-18-11-24(27(65-2)17-30(18)68(56,57)58)41-44-34-35(38(52)53)45-46(37(34)51)20-4-3-19-12-32(70(62,63)64)33(36(50)22(19)13-20)43-42-26-16-28(66-9-7-48)25(15-29(26)67-10-8-49)40-39-23-6-5-21(47(54)55)14-31(23)69(59,60)61/h3-6,11-17,48-51H,7-10H2,1-2H3,(H,52,53)(H,56,57,58)(H,59,60,61)(H,62,63,64). The highest BCUT2D eigenvalue weighted by molar-refractivity contribution is 7.86. The number of hydrogen-bond acceptors (Lipinski definition) is 23. The van der Waals surface area contributed by atoms with Gasteiger partial charge in [-0.15, -0.1) is 30.7 Å². The number of aliphatic hydroxyl groups excluding tert-OH is 2. The van der Waals surface area contributed by atoms with Gasteiger partial charge in [-0.25, -0.2) is 4.79 Å². The number of nitrogens with zero attached hydrogens (tertiary/aromatic N) is 9. The predicted molar refractivity (Wildman–Crippen MR) is 236 cm³/mol. The Labute approximate surface area is 392 Å². The molecule has 5 aromatic carbocycles. The van der Waals surface area contributed by atoms with Crippen LogP contribution in [0.15, 0.2) is 112 Å². The fraction of sp³-hybridized carbons (Fsp3) is 0.158. The Morgan fingerprint density at radius 1 is 0.686 bits per heavy atom. The fourth-order valence-electron chi connectivity index (χ4n) is 6.20. The number of phenolic OH excluding ortho intramolecular Hbond substituents is 1. The van der Waals surface area contributed by atoms with Gasteiger partial charge in [-0.3, -0.25) is 23.8 Å². The molecule has 70 heavy (non-hydrogen) atoms. The summed E-state index contributed by atoms with van der Waals surface area (Å²) in [5.74, 6) is -4.48. The number of carboxylic acids is 1. The molecule has 0 bridgehead atoms. The molecule has 0 aliphatic heterocycles. The number of methoxy groups -OCH3 is 1. The van der Waals surface area contributed by atoms with E-state index in [9.17, 15) is 79.4 Å². The maximum Gasteiger partial charge on any atom is 0.358 e. The minimum Gasteiger partial charge on any atom is -0.505 e. The second-order valence-electron chi connectivity index (χ2n) is 13.9. The number of azo groups is 3. The molecule has 0 aliphatic carbocycles.